The van der Waals surface area contributed by atoms with Crippen LogP contribution in [0.15, 0.2) is 59.3 Å². The fraction of sp³-hybridized carbons (Fsp3) is 0.0588. The molecule has 0 N–H and O–H groups in total. The Morgan fingerprint density at radius 1 is 1.14 bits per heavy atom. The lowest BCUT2D eigenvalue weighted by Crippen LogP contribution is -1.91. The molecule has 0 saturated heterocycles. The molecular weight excluding hydrogens is 282 g/mol. The number of hydrogen-bond acceptors (Lipinski definition) is 5. The second kappa shape index (κ2) is 6.13. The number of carbonyl (C=O) groups excluding carboxylic acids is 1. The van der Waals surface area contributed by atoms with Gasteiger partial charge in [0.25, 0.3) is 0 Å². The molecular formula is C17H13NO4. The van der Waals surface area contributed by atoms with Crippen LogP contribution >= 0.6 is 0 Å². The number of benzene rings is 1. The van der Waals surface area contributed by atoms with E-state index in [0.29, 0.717) is 29.3 Å². The van der Waals surface area contributed by atoms with Crippen LogP contribution in [0.4, 0.5) is 0 Å². The van der Waals surface area contributed by atoms with Gasteiger partial charge >= 0.3 is 0 Å². The van der Waals surface area contributed by atoms with Crippen molar-refractivity contribution in [1.82, 2.24) is 4.98 Å². The van der Waals surface area contributed by atoms with Crippen LogP contribution in [-0.4, -0.2) is 18.4 Å². The Morgan fingerprint density at radius 3 is 2.73 bits per heavy atom. The first-order chi connectivity index (χ1) is 10.8. The van der Waals surface area contributed by atoms with Crippen LogP contribution in [0.2, 0.25) is 0 Å². The molecule has 1 aromatic carbocycles. The molecule has 0 spiro atoms. The zero-order valence-electron chi connectivity index (χ0n) is 11.9. The maximum absolute atomic E-state index is 10.7. The van der Waals surface area contributed by atoms with Gasteiger partial charge in [-0.1, -0.05) is 0 Å². The lowest BCUT2D eigenvalue weighted by atomic mass is 10.1. The van der Waals surface area contributed by atoms with Gasteiger partial charge in [0.15, 0.2) is 23.5 Å². The highest BCUT2D eigenvalue weighted by Crippen LogP contribution is 2.35. The highest BCUT2D eigenvalue weighted by Gasteiger charge is 2.11. The quantitative estimate of drug-likeness (QED) is 0.667. The summed E-state index contributed by atoms with van der Waals surface area (Å²) in [6.07, 6.45) is 3.96. The van der Waals surface area contributed by atoms with E-state index in [9.17, 15) is 4.79 Å². The van der Waals surface area contributed by atoms with Gasteiger partial charge in [0.05, 0.1) is 13.3 Å². The number of aldehydes is 1. The van der Waals surface area contributed by atoms with Crippen molar-refractivity contribution < 1.29 is 18.7 Å². The van der Waals surface area contributed by atoms with E-state index in [0.717, 1.165) is 5.56 Å². The van der Waals surface area contributed by atoms with Crippen LogP contribution in [0.3, 0.4) is 0 Å². The number of ether oxygens (including phenoxy) is 2. The molecule has 110 valence electrons. The van der Waals surface area contributed by atoms with Crippen molar-refractivity contribution >= 4 is 6.29 Å². The molecule has 0 aliphatic carbocycles. The lowest BCUT2D eigenvalue weighted by Gasteiger charge is -2.11. The van der Waals surface area contributed by atoms with Gasteiger partial charge < -0.3 is 13.9 Å². The van der Waals surface area contributed by atoms with Gasteiger partial charge in [0, 0.05) is 11.8 Å². The van der Waals surface area contributed by atoms with Gasteiger partial charge in [-0.25, -0.2) is 0 Å². The molecule has 2 heterocycles. The van der Waals surface area contributed by atoms with Crippen molar-refractivity contribution in [1.29, 1.82) is 0 Å². The van der Waals surface area contributed by atoms with Crippen molar-refractivity contribution in [2.75, 3.05) is 7.11 Å². The minimum absolute atomic E-state index is 0.282. The molecule has 0 radical (unpaired) electrons. The fourth-order valence-electron chi connectivity index (χ4n) is 2.01. The van der Waals surface area contributed by atoms with Crippen molar-refractivity contribution in [2.24, 2.45) is 0 Å². The summed E-state index contributed by atoms with van der Waals surface area (Å²) in [5, 5.41) is 0. The largest absolute Gasteiger partial charge is 0.493 e. The summed E-state index contributed by atoms with van der Waals surface area (Å²) in [5.74, 6) is 2.62. The number of pyridine rings is 1. The van der Waals surface area contributed by atoms with Crippen LogP contribution in [0.1, 0.15) is 10.6 Å². The van der Waals surface area contributed by atoms with E-state index in [1.807, 2.05) is 12.1 Å². The van der Waals surface area contributed by atoms with E-state index in [2.05, 4.69) is 4.98 Å². The molecule has 3 aromatic rings. The summed E-state index contributed by atoms with van der Waals surface area (Å²) in [5.41, 5.74) is 0.795. The second-order valence-electron chi connectivity index (χ2n) is 4.48. The number of aromatic nitrogens is 1. The molecule has 0 bridgehead atoms. The third kappa shape index (κ3) is 2.83. The molecule has 0 fully saturated rings. The standard InChI is InChI=1S/C17H13NO4/c1-20-17-9-12(15-7-5-14(11-19)22-15)4-6-16(17)21-13-3-2-8-18-10-13/h2-11H,1H3. The van der Waals surface area contributed by atoms with Gasteiger partial charge in [-0.2, -0.15) is 0 Å². The Balaban J connectivity index is 1.91. The maximum Gasteiger partial charge on any atom is 0.185 e. The number of rotatable bonds is 5. The average molecular weight is 295 g/mol. The lowest BCUT2D eigenvalue weighted by molar-refractivity contribution is 0.110. The van der Waals surface area contributed by atoms with E-state index in [4.69, 9.17) is 13.9 Å². The molecule has 22 heavy (non-hydrogen) atoms. The summed E-state index contributed by atoms with van der Waals surface area (Å²) in [7, 11) is 1.56. The molecule has 0 aliphatic rings. The average Bonchev–Trinajstić information content (AvgIpc) is 3.05. The van der Waals surface area contributed by atoms with E-state index in [-0.39, 0.29) is 5.76 Å². The zero-order valence-corrected chi connectivity index (χ0v) is 11.9. The molecule has 0 unspecified atom stereocenters. The summed E-state index contributed by atoms with van der Waals surface area (Å²) in [6, 6.07) is 12.4. The Bertz CT molecular complexity index is 780. The minimum atomic E-state index is 0.282. The number of furan rings is 1. The molecule has 5 nitrogen and oxygen atoms in total. The first-order valence-electron chi connectivity index (χ1n) is 6.61. The molecule has 0 aliphatic heterocycles. The number of methoxy groups -OCH3 is 1. The summed E-state index contributed by atoms with van der Waals surface area (Å²) < 4.78 is 16.5. The number of hydrogen-bond donors (Lipinski definition) is 0. The van der Waals surface area contributed by atoms with Gasteiger partial charge in [0.2, 0.25) is 0 Å². The van der Waals surface area contributed by atoms with Crippen LogP contribution in [0, 0.1) is 0 Å². The first kappa shape index (κ1) is 13.9. The third-order valence-corrected chi connectivity index (χ3v) is 3.05. The Hall–Kier alpha value is -3.08. The Morgan fingerprint density at radius 2 is 2.05 bits per heavy atom. The molecule has 0 amide bonds. The minimum Gasteiger partial charge on any atom is -0.493 e. The number of carbonyl (C=O) groups is 1. The van der Waals surface area contributed by atoms with Crippen LogP contribution in [0.25, 0.3) is 11.3 Å². The van der Waals surface area contributed by atoms with E-state index < -0.39 is 0 Å². The Labute approximate surface area is 127 Å². The molecule has 0 saturated carbocycles. The highest BCUT2D eigenvalue weighted by atomic mass is 16.5. The van der Waals surface area contributed by atoms with E-state index >= 15 is 0 Å². The van der Waals surface area contributed by atoms with Crippen LogP contribution in [0.5, 0.6) is 17.2 Å². The zero-order chi connectivity index (χ0) is 15.4. The predicted octanol–water partition coefficient (Wildman–Crippen LogP) is 3.96. The summed E-state index contributed by atoms with van der Waals surface area (Å²) >= 11 is 0. The Kier molecular flexibility index (Phi) is 3.87. The topological polar surface area (TPSA) is 61.6 Å². The summed E-state index contributed by atoms with van der Waals surface area (Å²) in [6.45, 7) is 0. The van der Waals surface area contributed by atoms with Crippen molar-refractivity contribution in [3.8, 4) is 28.6 Å². The predicted molar refractivity (Wildman–Crippen MR) is 80.4 cm³/mol. The fourth-order valence-corrected chi connectivity index (χ4v) is 2.01. The van der Waals surface area contributed by atoms with Crippen molar-refractivity contribution in [3.05, 3.63) is 60.6 Å². The molecule has 3 rings (SSSR count). The monoisotopic (exact) mass is 295 g/mol. The van der Waals surface area contributed by atoms with E-state index in [1.165, 1.54) is 0 Å². The van der Waals surface area contributed by atoms with Gasteiger partial charge in [-0.05, 0) is 42.5 Å². The second-order valence-corrected chi connectivity index (χ2v) is 4.48. The third-order valence-electron chi connectivity index (χ3n) is 3.05. The maximum atomic E-state index is 10.7. The molecule has 2 aromatic heterocycles. The van der Waals surface area contributed by atoms with Crippen LogP contribution < -0.4 is 9.47 Å². The summed E-state index contributed by atoms with van der Waals surface area (Å²) in [4.78, 5) is 14.7. The SMILES string of the molecule is COc1cc(-c2ccc(C=O)o2)ccc1Oc1cccnc1. The van der Waals surface area contributed by atoms with Crippen molar-refractivity contribution in [2.45, 2.75) is 0 Å². The normalized spacial score (nSPS) is 10.2. The smallest absolute Gasteiger partial charge is 0.185 e. The van der Waals surface area contributed by atoms with Gasteiger partial charge in [-0.3, -0.25) is 9.78 Å². The van der Waals surface area contributed by atoms with Crippen LogP contribution in [-0.2, 0) is 0 Å². The van der Waals surface area contributed by atoms with E-state index in [1.54, 1.807) is 49.8 Å². The first-order valence-corrected chi connectivity index (χ1v) is 6.61. The van der Waals surface area contributed by atoms with Gasteiger partial charge in [0.1, 0.15) is 11.5 Å². The highest BCUT2D eigenvalue weighted by molar-refractivity contribution is 5.73. The number of nitrogens with zero attached hydrogens (tertiary/aromatic N) is 1. The molecule has 0 atom stereocenters. The van der Waals surface area contributed by atoms with Crippen molar-refractivity contribution in [3.63, 3.8) is 0 Å². The molecule has 5 heteroatoms. The van der Waals surface area contributed by atoms with Gasteiger partial charge in [-0.15, -0.1) is 0 Å².